The zero-order valence-corrected chi connectivity index (χ0v) is 9.72. The number of nitrogens with one attached hydrogen (secondary N) is 1. The molecule has 0 spiro atoms. The van der Waals surface area contributed by atoms with E-state index in [0.717, 1.165) is 39.0 Å². The molecule has 1 atom stereocenters. The lowest BCUT2D eigenvalue weighted by molar-refractivity contribution is 0.124. The molecule has 0 amide bonds. The summed E-state index contributed by atoms with van der Waals surface area (Å²) in [6.07, 6.45) is 6.40. The zero-order valence-electron chi connectivity index (χ0n) is 9.72. The van der Waals surface area contributed by atoms with E-state index in [1.807, 2.05) is 6.08 Å². The van der Waals surface area contributed by atoms with E-state index in [2.05, 4.69) is 25.7 Å². The average Bonchev–Trinajstić information content (AvgIpc) is 2.20. The Labute approximate surface area is 88.7 Å². The fraction of sp³-hybridized carbons (Fsp3) is 0.833. The summed E-state index contributed by atoms with van der Waals surface area (Å²) in [7, 11) is 0. The average molecular weight is 199 g/mol. The van der Waals surface area contributed by atoms with Gasteiger partial charge in [0.25, 0.3) is 0 Å². The Kier molecular flexibility index (Phi) is 10.5. The van der Waals surface area contributed by atoms with Gasteiger partial charge in [-0.3, -0.25) is 0 Å². The second-order valence-corrected chi connectivity index (χ2v) is 3.58. The SMILES string of the molecule is C=CCC(CCOCCC)NCCC. The van der Waals surface area contributed by atoms with Crippen molar-refractivity contribution in [2.24, 2.45) is 0 Å². The summed E-state index contributed by atoms with van der Waals surface area (Å²) in [5, 5.41) is 3.50. The molecule has 14 heavy (non-hydrogen) atoms. The number of ether oxygens (including phenoxy) is 1. The van der Waals surface area contributed by atoms with Crippen molar-refractivity contribution in [3.63, 3.8) is 0 Å². The molecule has 2 nitrogen and oxygen atoms in total. The Bertz CT molecular complexity index is 125. The second kappa shape index (κ2) is 10.7. The van der Waals surface area contributed by atoms with E-state index in [9.17, 15) is 0 Å². The Morgan fingerprint density at radius 1 is 1.29 bits per heavy atom. The van der Waals surface area contributed by atoms with Gasteiger partial charge in [-0.05, 0) is 32.2 Å². The van der Waals surface area contributed by atoms with E-state index in [-0.39, 0.29) is 0 Å². The van der Waals surface area contributed by atoms with E-state index >= 15 is 0 Å². The van der Waals surface area contributed by atoms with Gasteiger partial charge in [0, 0.05) is 19.3 Å². The van der Waals surface area contributed by atoms with E-state index in [1.165, 1.54) is 6.42 Å². The Morgan fingerprint density at radius 2 is 2.07 bits per heavy atom. The van der Waals surface area contributed by atoms with Crippen molar-refractivity contribution >= 4 is 0 Å². The van der Waals surface area contributed by atoms with Crippen LogP contribution in [0.2, 0.25) is 0 Å². The minimum absolute atomic E-state index is 0.546. The third-order valence-corrected chi connectivity index (χ3v) is 2.09. The van der Waals surface area contributed by atoms with Gasteiger partial charge in [0.2, 0.25) is 0 Å². The maximum Gasteiger partial charge on any atom is 0.0480 e. The first kappa shape index (κ1) is 13.7. The maximum atomic E-state index is 5.47. The monoisotopic (exact) mass is 199 g/mol. The summed E-state index contributed by atoms with van der Waals surface area (Å²) < 4.78 is 5.47. The molecule has 0 bridgehead atoms. The fourth-order valence-corrected chi connectivity index (χ4v) is 1.32. The van der Waals surface area contributed by atoms with Crippen LogP contribution in [-0.4, -0.2) is 25.8 Å². The molecular weight excluding hydrogens is 174 g/mol. The van der Waals surface area contributed by atoms with Crippen LogP contribution < -0.4 is 5.32 Å². The van der Waals surface area contributed by atoms with Gasteiger partial charge in [-0.2, -0.15) is 0 Å². The first-order valence-electron chi connectivity index (χ1n) is 5.77. The normalized spacial score (nSPS) is 12.7. The Balaban J connectivity index is 3.45. The zero-order chi connectivity index (χ0) is 10.6. The van der Waals surface area contributed by atoms with Gasteiger partial charge in [-0.1, -0.05) is 19.9 Å². The van der Waals surface area contributed by atoms with Crippen LogP contribution in [-0.2, 0) is 4.74 Å². The summed E-state index contributed by atoms with van der Waals surface area (Å²) in [5.74, 6) is 0. The van der Waals surface area contributed by atoms with E-state index in [0.29, 0.717) is 6.04 Å². The third-order valence-electron chi connectivity index (χ3n) is 2.09. The molecule has 1 N–H and O–H groups in total. The van der Waals surface area contributed by atoms with Crippen molar-refractivity contribution in [3.05, 3.63) is 12.7 Å². The van der Waals surface area contributed by atoms with Crippen molar-refractivity contribution in [2.45, 2.75) is 45.6 Å². The summed E-state index contributed by atoms with van der Waals surface area (Å²) in [6, 6.07) is 0.546. The topological polar surface area (TPSA) is 21.3 Å². The highest BCUT2D eigenvalue weighted by Crippen LogP contribution is 2.00. The van der Waals surface area contributed by atoms with Gasteiger partial charge in [-0.15, -0.1) is 6.58 Å². The minimum atomic E-state index is 0.546. The van der Waals surface area contributed by atoms with Crippen molar-refractivity contribution < 1.29 is 4.74 Å². The molecule has 0 aliphatic heterocycles. The molecule has 0 aromatic heterocycles. The van der Waals surface area contributed by atoms with Crippen LogP contribution in [0.25, 0.3) is 0 Å². The summed E-state index contributed by atoms with van der Waals surface area (Å²) in [5.41, 5.74) is 0. The molecule has 0 saturated heterocycles. The van der Waals surface area contributed by atoms with Gasteiger partial charge >= 0.3 is 0 Å². The molecule has 0 radical (unpaired) electrons. The van der Waals surface area contributed by atoms with Crippen LogP contribution in [0.3, 0.4) is 0 Å². The Morgan fingerprint density at radius 3 is 2.64 bits per heavy atom. The van der Waals surface area contributed by atoms with Gasteiger partial charge in [0.1, 0.15) is 0 Å². The molecule has 0 aliphatic carbocycles. The second-order valence-electron chi connectivity index (χ2n) is 3.58. The summed E-state index contributed by atoms with van der Waals surface area (Å²) in [6.45, 7) is 10.9. The predicted molar refractivity (Wildman–Crippen MR) is 62.6 cm³/mol. The minimum Gasteiger partial charge on any atom is -0.381 e. The molecule has 84 valence electrons. The smallest absolute Gasteiger partial charge is 0.0480 e. The van der Waals surface area contributed by atoms with E-state index in [1.54, 1.807) is 0 Å². The van der Waals surface area contributed by atoms with Crippen molar-refractivity contribution in [1.82, 2.24) is 5.32 Å². The van der Waals surface area contributed by atoms with Crippen molar-refractivity contribution in [2.75, 3.05) is 19.8 Å². The molecule has 1 unspecified atom stereocenters. The highest BCUT2D eigenvalue weighted by atomic mass is 16.5. The number of hydrogen-bond donors (Lipinski definition) is 1. The number of rotatable bonds is 10. The highest BCUT2D eigenvalue weighted by Gasteiger charge is 2.04. The molecule has 0 saturated carbocycles. The lowest BCUT2D eigenvalue weighted by Gasteiger charge is -2.16. The molecule has 0 aromatic carbocycles. The van der Waals surface area contributed by atoms with E-state index in [4.69, 9.17) is 4.74 Å². The number of hydrogen-bond acceptors (Lipinski definition) is 2. The molecule has 0 aromatic rings. The van der Waals surface area contributed by atoms with Crippen LogP contribution in [0.5, 0.6) is 0 Å². The van der Waals surface area contributed by atoms with Crippen LogP contribution >= 0.6 is 0 Å². The van der Waals surface area contributed by atoms with Crippen molar-refractivity contribution in [3.8, 4) is 0 Å². The standard InChI is InChI=1S/C12H25NO/c1-4-7-12(13-9-5-2)8-11-14-10-6-3/h4,12-13H,1,5-11H2,2-3H3. The van der Waals surface area contributed by atoms with Gasteiger partial charge in [0.15, 0.2) is 0 Å². The van der Waals surface area contributed by atoms with E-state index < -0.39 is 0 Å². The molecule has 0 fully saturated rings. The summed E-state index contributed by atoms with van der Waals surface area (Å²) >= 11 is 0. The van der Waals surface area contributed by atoms with Crippen LogP contribution in [0, 0.1) is 0 Å². The molecule has 0 rings (SSSR count). The van der Waals surface area contributed by atoms with Gasteiger partial charge in [-0.25, -0.2) is 0 Å². The van der Waals surface area contributed by atoms with Gasteiger partial charge in [0.05, 0.1) is 0 Å². The highest BCUT2D eigenvalue weighted by molar-refractivity contribution is 4.77. The lowest BCUT2D eigenvalue weighted by Crippen LogP contribution is -2.30. The lowest BCUT2D eigenvalue weighted by atomic mass is 10.1. The largest absolute Gasteiger partial charge is 0.381 e. The predicted octanol–water partition coefficient (Wildman–Crippen LogP) is 2.75. The maximum absolute atomic E-state index is 5.47. The van der Waals surface area contributed by atoms with Crippen LogP contribution in [0.4, 0.5) is 0 Å². The van der Waals surface area contributed by atoms with Crippen molar-refractivity contribution in [1.29, 1.82) is 0 Å². The van der Waals surface area contributed by atoms with Crippen LogP contribution in [0.15, 0.2) is 12.7 Å². The molecule has 2 heteroatoms. The molecular formula is C12H25NO. The Hall–Kier alpha value is -0.340. The third kappa shape index (κ3) is 8.27. The van der Waals surface area contributed by atoms with Crippen LogP contribution in [0.1, 0.15) is 39.5 Å². The van der Waals surface area contributed by atoms with Gasteiger partial charge < -0.3 is 10.1 Å². The first-order valence-corrected chi connectivity index (χ1v) is 5.77. The summed E-state index contributed by atoms with van der Waals surface area (Å²) in [4.78, 5) is 0. The molecule has 0 aliphatic rings. The fourth-order valence-electron chi connectivity index (χ4n) is 1.32. The quantitative estimate of drug-likeness (QED) is 0.431. The first-order chi connectivity index (χ1) is 6.85. The molecule has 0 heterocycles.